The molecule has 0 saturated carbocycles. The summed E-state index contributed by atoms with van der Waals surface area (Å²) in [6.07, 6.45) is 11.2. The van der Waals surface area contributed by atoms with Gasteiger partial charge in [0.05, 0.1) is 0 Å². The maximum absolute atomic E-state index is 10.2. The Hall–Kier alpha value is -2.09. The second-order valence-electron chi connectivity index (χ2n) is 7.11. The monoisotopic (exact) mass is 352 g/mol. The molecular formula is C24H32O2. The van der Waals surface area contributed by atoms with Crippen LogP contribution in [0.3, 0.4) is 0 Å². The first kappa shape index (κ1) is 20.2. The van der Waals surface area contributed by atoms with Crippen LogP contribution >= 0.6 is 0 Å². The number of hydrogen-bond acceptors (Lipinski definition) is 1. The van der Waals surface area contributed by atoms with Gasteiger partial charge in [-0.2, -0.15) is 0 Å². The number of hydrogen-bond donors (Lipinski definition) is 1. The first-order valence-corrected chi connectivity index (χ1v) is 10.1. The van der Waals surface area contributed by atoms with Crippen LogP contribution in [0.5, 0.6) is 0 Å². The van der Waals surface area contributed by atoms with Crippen molar-refractivity contribution in [3.63, 3.8) is 0 Å². The Morgan fingerprint density at radius 1 is 0.769 bits per heavy atom. The van der Waals surface area contributed by atoms with Crippen molar-refractivity contribution in [3.05, 3.63) is 59.7 Å². The van der Waals surface area contributed by atoms with Gasteiger partial charge in [0, 0.05) is 6.42 Å². The first-order valence-electron chi connectivity index (χ1n) is 10.1. The summed E-state index contributed by atoms with van der Waals surface area (Å²) < 4.78 is 0. The maximum atomic E-state index is 10.2. The summed E-state index contributed by atoms with van der Waals surface area (Å²) in [7, 11) is 0. The summed E-state index contributed by atoms with van der Waals surface area (Å²) >= 11 is 0. The van der Waals surface area contributed by atoms with E-state index in [2.05, 4.69) is 55.5 Å². The van der Waals surface area contributed by atoms with E-state index in [9.17, 15) is 4.79 Å². The molecule has 0 radical (unpaired) electrons. The lowest BCUT2D eigenvalue weighted by molar-refractivity contribution is -0.137. The molecule has 0 unspecified atom stereocenters. The molecule has 0 heterocycles. The number of rotatable bonds is 9. The number of fused-ring (bicyclic) bond motifs is 3. The third-order valence-corrected chi connectivity index (χ3v) is 4.95. The third kappa shape index (κ3) is 6.67. The highest BCUT2D eigenvalue weighted by Crippen LogP contribution is 2.35. The first-order chi connectivity index (χ1) is 12.7. The van der Waals surface area contributed by atoms with Gasteiger partial charge in [0.1, 0.15) is 0 Å². The number of carboxylic acid groups (broad SMARTS) is 1. The van der Waals surface area contributed by atoms with Crippen LogP contribution in [0.2, 0.25) is 0 Å². The van der Waals surface area contributed by atoms with Gasteiger partial charge < -0.3 is 5.11 Å². The van der Waals surface area contributed by atoms with Gasteiger partial charge in [-0.1, -0.05) is 100 Å². The average Bonchev–Trinajstić information content (AvgIpc) is 3.03. The molecule has 0 aliphatic heterocycles. The van der Waals surface area contributed by atoms with Gasteiger partial charge in [-0.05, 0) is 35.1 Å². The molecule has 0 saturated heterocycles. The fourth-order valence-electron chi connectivity index (χ4n) is 3.49. The van der Waals surface area contributed by atoms with E-state index in [1.165, 1.54) is 60.8 Å². The van der Waals surface area contributed by atoms with E-state index in [1.807, 2.05) is 0 Å². The predicted octanol–water partition coefficient (Wildman–Crippen LogP) is 6.86. The topological polar surface area (TPSA) is 37.3 Å². The molecule has 0 amide bonds. The molecule has 0 atom stereocenters. The van der Waals surface area contributed by atoms with Gasteiger partial charge >= 0.3 is 5.97 Å². The van der Waals surface area contributed by atoms with Crippen molar-refractivity contribution in [3.8, 4) is 11.1 Å². The van der Waals surface area contributed by atoms with Crippen LogP contribution in [0.15, 0.2) is 48.5 Å². The van der Waals surface area contributed by atoms with Crippen LogP contribution in [0.25, 0.3) is 11.1 Å². The van der Waals surface area contributed by atoms with E-state index in [0.717, 1.165) is 19.3 Å². The Bertz CT molecular complexity index is 632. The molecule has 2 aromatic rings. The normalized spacial score (nSPS) is 11.3. The zero-order chi connectivity index (χ0) is 18.6. The highest BCUT2D eigenvalue weighted by Gasteiger charge is 2.15. The zero-order valence-electron chi connectivity index (χ0n) is 16.0. The molecule has 2 aromatic carbocycles. The van der Waals surface area contributed by atoms with Crippen molar-refractivity contribution in [1.82, 2.24) is 0 Å². The third-order valence-electron chi connectivity index (χ3n) is 4.95. The lowest BCUT2D eigenvalue weighted by Crippen LogP contribution is -1.93. The smallest absolute Gasteiger partial charge is 0.303 e. The number of carbonyl (C=O) groups is 1. The number of aliphatic carboxylic acids is 1. The molecule has 2 nitrogen and oxygen atoms in total. The Labute approximate surface area is 158 Å². The predicted molar refractivity (Wildman–Crippen MR) is 110 cm³/mol. The molecule has 1 N–H and O–H groups in total. The fourth-order valence-corrected chi connectivity index (χ4v) is 3.49. The van der Waals surface area contributed by atoms with Crippen molar-refractivity contribution < 1.29 is 9.90 Å². The highest BCUT2D eigenvalue weighted by molar-refractivity contribution is 5.76. The van der Waals surface area contributed by atoms with Crippen molar-refractivity contribution >= 4 is 5.97 Å². The highest BCUT2D eigenvalue weighted by atomic mass is 16.4. The van der Waals surface area contributed by atoms with Gasteiger partial charge in [0.15, 0.2) is 0 Å². The Morgan fingerprint density at radius 2 is 1.23 bits per heavy atom. The summed E-state index contributed by atoms with van der Waals surface area (Å²) in [6, 6.07) is 17.3. The molecule has 1 aliphatic carbocycles. The van der Waals surface area contributed by atoms with Gasteiger partial charge in [-0.15, -0.1) is 0 Å². The quantitative estimate of drug-likeness (QED) is 0.427. The van der Waals surface area contributed by atoms with Gasteiger partial charge in [0.25, 0.3) is 0 Å². The van der Waals surface area contributed by atoms with E-state index in [1.54, 1.807) is 0 Å². The molecule has 0 fully saturated rings. The summed E-state index contributed by atoms with van der Waals surface area (Å²) in [5, 5.41) is 8.39. The minimum atomic E-state index is -0.661. The van der Waals surface area contributed by atoms with Crippen molar-refractivity contribution in [2.24, 2.45) is 0 Å². The summed E-state index contributed by atoms with van der Waals surface area (Å²) in [5.41, 5.74) is 5.75. The molecule has 0 spiro atoms. The number of carboxylic acids is 1. The standard InChI is InChI=1S/C13H10.C11H22O2/c1-3-7-12-10(5-1)9-11-6-2-4-8-13(11)12;1-2-3-4-5-6-7-8-9-10-11(12)13/h1-8H,9H2;2-10H2,1H3,(H,12,13). The van der Waals surface area contributed by atoms with Crippen molar-refractivity contribution in [2.75, 3.05) is 0 Å². The summed E-state index contributed by atoms with van der Waals surface area (Å²) in [4.78, 5) is 10.2. The van der Waals surface area contributed by atoms with Gasteiger partial charge in [-0.25, -0.2) is 0 Å². The van der Waals surface area contributed by atoms with E-state index in [-0.39, 0.29) is 0 Å². The van der Waals surface area contributed by atoms with Crippen LogP contribution in [0.1, 0.15) is 75.8 Å². The molecule has 0 aromatic heterocycles. The molecular weight excluding hydrogens is 320 g/mol. The minimum Gasteiger partial charge on any atom is -0.481 e. The maximum Gasteiger partial charge on any atom is 0.303 e. The number of benzene rings is 2. The molecule has 26 heavy (non-hydrogen) atoms. The van der Waals surface area contributed by atoms with Crippen LogP contribution < -0.4 is 0 Å². The number of unbranched alkanes of at least 4 members (excludes halogenated alkanes) is 7. The van der Waals surface area contributed by atoms with E-state index >= 15 is 0 Å². The van der Waals surface area contributed by atoms with Gasteiger partial charge in [0.2, 0.25) is 0 Å². The van der Waals surface area contributed by atoms with Crippen molar-refractivity contribution in [2.45, 2.75) is 71.1 Å². The second kappa shape index (κ2) is 11.5. The Balaban J connectivity index is 0.000000187. The second-order valence-corrected chi connectivity index (χ2v) is 7.11. The zero-order valence-corrected chi connectivity index (χ0v) is 16.0. The van der Waals surface area contributed by atoms with Crippen LogP contribution in [-0.2, 0) is 11.2 Å². The molecule has 140 valence electrons. The molecule has 3 rings (SSSR count). The lowest BCUT2D eigenvalue weighted by Gasteiger charge is -1.99. The SMILES string of the molecule is CCCCCCCCCCC(=O)O.c1ccc2c(c1)Cc1ccccc1-2. The van der Waals surface area contributed by atoms with Crippen molar-refractivity contribution in [1.29, 1.82) is 0 Å². The van der Waals surface area contributed by atoms with Crippen LogP contribution in [0.4, 0.5) is 0 Å². The summed E-state index contributed by atoms with van der Waals surface area (Å²) in [5.74, 6) is -0.661. The Kier molecular flexibility index (Phi) is 8.95. The van der Waals surface area contributed by atoms with E-state index in [4.69, 9.17) is 5.11 Å². The molecule has 1 aliphatic rings. The summed E-state index contributed by atoms with van der Waals surface area (Å²) in [6.45, 7) is 2.22. The minimum absolute atomic E-state index is 0.342. The van der Waals surface area contributed by atoms with E-state index in [0.29, 0.717) is 6.42 Å². The Morgan fingerprint density at radius 3 is 1.73 bits per heavy atom. The molecule has 0 bridgehead atoms. The van der Waals surface area contributed by atoms with Crippen LogP contribution in [-0.4, -0.2) is 11.1 Å². The largest absolute Gasteiger partial charge is 0.481 e. The lowest BCUT2D eigenvalue weighted by atomic mass is 10.1. The van der Waals surface area contributed by atoms with Gasteiger partial charge in [-0.3, -0.25) is 4.79 Å². The van der Waals surface area contributed by atoms with E-state index < -0.39 is 5.97 Å². The molecule has 2 heteroatoms. The van der Waals surface area contributed by atoms with Crippen LogP contribution in [0, 0.1) is 0 Å². The average molecular weight is 353 g/mol. The fraction of sp³-hybridized carbons (Fsp3) is 0.458.